The van der Waals surface area contributed by atoms with Gasteiger partial charge in [0.1, 0.15) is 6.04 Å². The summed E-state index contributed by atoms with van der Waals surface area (Å²) in [5.41, 5.74) is 1.14. The van der Waals surface area contributed by atoms with E-state index >= 15 is 0 Å². The molecule has 1 aromatic rings. The molecule has 30 heavy (non-hydrogen) atoms. The highest BCUT2D eigenvalue weighted by Gasteiger charge is 2.24. The lowest BCUT2D eigenvalue weighted by Gasteiger charge is -2.19. The first-order valence-electron chi connectivity index (χ1n) is 10.5. The van der Waals surface area contributed by atoms with Gasteiger partial charge < -0.3 is 20.1 Å². The van der Waals surface area contributed by atoms with E-state index in [4.69, 9.17) is 9.47 Å². The molecule has 2 N–H and O–H groups in total. The van der Waals surface area contributed by atoms with Gasteiger partial charge in [-0.1, -0.05) is 56.5 Å². The minimum absolute atomic E-state index is 0.202. The van der Waals surface area contributed by atoms with E-state index in [1.54, 1.807) is 18.7 Å². The molecule has 1 aromatic carbocycles. The Bertz CT molecular complexity index is 642. The van der Waals surface area contributed by atoms with Gasteiger partial charge >= 0.3 is 12.1 Å². The Hall–Kier alpha value is -2.22. The number of carbonyl (C=O) groups is 3. The fraction of sp³-hybridized carbons (Fsp3) is 0.591. The summed E-state index contributed by atoms with van der Waals surface area (Å²) in [5.74, 6) is 0.228. The fourth-order valence-corrected chi connectivity index (χ4v) is 3.60. The van der Waals surface area contributed by atoms with Gasteiger partial charge in [-0.25, -0.2) is 9.59 Å². The summed E-state index contributed by atoms with van der Waals surface area (Å²) >= 11 is 1.54. The van der Waals surface area contributed by atoms with E-state index in [-0.39, 0.29) is 12.5 Å². The first-order valence-corrected chi connectivity index (χ1v) is 11.7. The molecule has 0 saturated carbocycles. The van der Waals surface area contributed by atoms with Crippen molar-refractivity contribution in [3.05, 3.63) is 35.9 Å². The lowest BCUT2D eigenvalue weighted by atomic mass is 10.2. The number of rotatable bonds is 14. The van der Waals surface area contributed by atoms with Gasteiger partial charge in [-0.15, -0.1) is 0 Å². The van der Waals surface area contributed by atoms with Gasteiger partial charge in [-0.05, 0) is 25.8 Å². The maximum absolute atomic E-state index is 12.6. The quantitative estimate of drug-likeness (QED) is 0.340. The number of ether oxygens (including phenoxy) is 2. The van der Waals surface area contributed by atoms with E-state index < -0.39 is 24.2 Å². The van der Waals surface area contributed by atoms with E-state index in [0.29, 0.717) is 12.3 Å². The van der Waals surface area contributed by atoms with Gasteiger partial charge in [0.15, 0.2) is 6.10 Å². The van der Waals surface area contributed by atoms with Crippen LogP contribution >= 0.6 is 11.8 Å². The SMILES string of the molecule is CCCCCCNC(=O)[C@H](CSCc1ccccc1)NC(=O)O[C@@H](C)C(=O)OCC. The van der Waals surface area contributed by atoms with Gasteiger partial charge in [0.05, 0.1) is 6.61 Å². The molecule has 0 aliphatic carbocycles. The third-order valence-electron chi connectivity index (χ3n) is 4.24. The zero-order chi connectivity index (χ0) is 22.2. The average Bonchev–Trinajstić information content (AvgIpc) is 2.73. The predicted octanol–water partition coefficient (Wildman–Crippen LogP) is 3.66. The number of alkyl carbamates (subject to hydrolysis) is 1. The Balaban J connectivity index is 2.57. The largest absolute Gasteiger partial charge is 0.463 e. The second kappa shape index (κ2) is 15.6. The van der Waals surface area contributed by atoms with Crippen LogP contribution in [0.5, 0.6) is 0 Å². The van der Waals surface area contributed by atoms with Crippen molar-refractivity contribution in [2.45, 2.75) is 64.4 Å². The van der Waals surface area contributed by atoms with Crippen molar-refractivity contribution >= 4 is 29.7 Å². The highest BCUT2D eigenvalue weighted by atomic mass is 32.2. The number of carbonyl (C=O) groups excluding carboxylic acids is 3. The summed E-state index contributed by atoms with van der Waals surface area (Å²) in [6.45, 7) is 6.01. The number of amides is 2. The van der Waals surface area contributed by atoms with Crippen LogP contribution in [0, 0.1) is 0 Å². The van der Waals surface area contributed by atoms with Crippen LogP contribution in [0.4, 0.5) is 4.79 Å². The van der Waals surface area contributed by atoms with Crippen molar-refractivity contribution in [1.82, 2.24) is 10.6 Å². The van der Waals surface area contributed by atoms with Gasteiger partial charge in [0, 0.05) is 18.1 Å². The highest BCUT2D eigenvalue weighted by molar-refractivity contribution is 7.98. The first kappa shape index (κ1) is 25.8. The predicted molar refractivity (Wildman–Crippen MR) is 119 cm³/mol. The standard InChI is InChI=1S/C22H34N2O5S/c1-4-6-7-11-14-23-20(25)19(16-30-15-18-12-9-8-10-13-18)24-22(27)29-17(3)21(26)28-5-2/h8-10,12-13,17,19H,4-7,11,14-16H2,1-3H3,(H,23,25)(H,24,27)/t17-,19-/m0/s1. The van der Waals surface area contributed by atoms with E-state index in [2.05, 4.69) is 17.6 Å². The van der Waals surface area contributed by atoms with Crippen molar-refractivity contribution in [2.24, 2.45) is 0 Å². The molecule has 7 nitrogen and oxygen atoms in total. The second-order valence-corrected chi connectivity index (χ2v) is 7.88. The van der Waals surface area contributed by atoms with Crippen LogP contribution in [0.1, 0.15) is 52.0 Å². The summed E-state index contributed by atoms with van der Waals surface area (Å²) < 4.78 is 9.88. The summed E-state index contributed by atoms with van der Waals surface area (Å²) in [4.78, 5) is 36.4. The summed E-state index contributed by atoms with van der Waals surface area (Å²) in [6, 6.07) is 9.14. The summed E-state index contributed by atoms with van der Waals surface area (Å²) in [6.07, 6.45) is 2.34. The molecule has 0 aliphatic rings. The topological polar surface area (TPSA) is 93.7 Å². The number of nitrogens with one attached hydrogen (secondary N) is 2. The maximum atomic E-state index is 12.6. The Kier molecular flexibility index (Phi) is 13.4. The van der Waals surface area contributed by atoms with Crippen LogP contribution in [0.15, 0.2) is 30.3 Å². The third kappa shape index (κ3) is 11.1. The number of thioether (sulfide) groups is 1. The highest BCUT2D eigenvalue weighted by Crippen LogP contribution is 2.13. The zero-order valence-corrected chi connectivity index (χ0v) is 19.0. The first-order chi connectivity index (χ1) is 14.5. The molecular formula is C22H34N2O5S. The van der Waals surface area contributed by atoms with E-state index in [1.807, 2.05) is 30.3 Å². The molecule has 0 spiro atoms. The molecule has 0 bridgehead atoms. The lowest BCUT2D eigenvalue weighted by Crippen LogP contribution is -2.49. The monoisotopic (exact) mass is 438 g/mol. The Labute approximate surface area is 183 Å². The summed E-state index contributed by atoms with van der Waals surface area (Å²) in [7, 11) is 0. The van der Waals surface area contributed by atoms with Crippen molar-refractivity contribution < 1.29 is 23.9 Å². The van der Waals surface area contributed by atoms with Crippen molar-refractivity contribution in [3.8, 4) is 0 Å². The van der Waals surface area contributed by atoms with E-state index in [9.17, 15) is 14.4 Å². The van der Waals surface area contributed by atoms with Gasteiger partial charge in [-0.2, -0.15) is 11.8 Å². The minimum Gasteiger partial charge on any atom is -0.463 e. The summed E-state index contributed by atoms with van der Waals surface area (Å²) in [5, 5.41) is 5.46. The normalized spacial score (nSPS) is 12.5. The molecule has 0 aromatic heterocycles. The molecule has 0 unspecified atom stereocenters. The van der Waals surface area contributed by atoms with Crippen molar-refractivity contribution in [1.29, 1.82) is 0 Å². The molecule has 0 saturated heterocycles. The third-order valence-corrected chi connectivity index (χ3v) is 5.34. The molecule has 2 atom stereocenters. The minimum atomic E-state index is -1.04. The van der Waals surface area contributed by atoms with Crippen LogP contribution in [-0.4, -0.2) is 49.0 Å². The Morgan fingerprint density at radius 1 is 1.07 bits per heavy atom. The molecule has 2 amide bonds. The Morgan fingerprint density at radius 2 is 1.80 bits per heavy atom. The molecule has 1 rings (SSSR count). The van der Waals surface area contributed by atoms with Crippen molar-refractivity contribution in [2.75, 3.05) is 18.9 Å². The zero-order valence-electron chi connectivity index (χ0n) is 18.1. The van der Waals surface area contributed by atoms with Crippen LogP contribution in [0.2, 0.25) is 0 Å². The van der Waals surface area contributed by atoms with Crippen LogP contribution in [0.3, 0.4) is 0 Å². The Morgan fingerprint density at radius 3 is 2.47 bits per heavy atom. The van der Waals surface area contributed by atoms with E-state index in [0.717, 1.165) is 37.0 Å². The lowest BCUT2D eigenvalue weighted by molar-refractivity contribution is -0.152. The molecule has 0 fully saturated rings. The van der Waals surface area contributed by atoms with Gasteiger partial charge in [0.2, 0.25) is 5.91 Å². The smallest absolute Gasteiger partial charge is 0.408 e. The second-order valence-electron chi connectivity index (χ2n) is 6.85. The molecule has 0 heterocycles. The molecular weight excluding hydrogens is 404 g/mol. The molecule has 8 heteroatoms. The van der Waals surface area contributed by atoms with Crippen LogP contribution in [0.25, 0.3) is 0 Å². The number of hydrogen-bond acceptors (Lipinski definition) is 6. The molecule has 0 radical (unpaired) electrons. The number of hydrogen-bond donors (Lipinski definition) is 2. The number of esters is 1. The van der Waals surface area contributed by atoms with Gasteiger partial charge in [-0.3, -0.25) is 4.79 Å². The van der Waals surface area contributed by atoms with Crippen LogP contribution in [-0.2, 0) is 24.8 Å². The average molecular weight is 439 g/mol. The number of benzene rings is 1. The van der Waals surface area contributed by atoms with E-state index in [1.165, 1.54) is 6.92 Å². The molecule has 0 aliphatic heterocycles. The van der Waals surface area contributed by atoms with Crippen molar-refractivity contribution in [3.63, 3.8) is 0 Å². The number of unbranched alkanes of at least 4 members (excludes halogenated alkanes) is 3. The van der Waals surface area contributed by atoms with Gasteiger partial charge in [0.25, 0.3) is 0 Å². The fourth-order valence-electron chi connectivity index (χ4n) is 2.58. The van der Waals surface area contributed by atoms with Crippen LogP contribution < -0.4 is 10.6 Å². The molecule has 168 valence electrons. The maximum Gasteiger partial charge on any atom is 0.408 e.